The van der Waals surface area contributed by atoms with E-state index >= 15 is 0 Å². The summed E-state index contributed by atoms with van der Waals surface area (Å²) in [6.45, 7) is 2.20. The van der Waals surface area contributed by atoms with Gasteiger partial charge in [-0.05, 0) is 30.5 Å². The van der Waals surface area contributed by atoms with Gasteiger partial charge in [-0.25, -0.2) is 0 Å². The summed E-state index contributed by atoms with van der Waals surface area (Å²) < 4.78 is 0. The molecule has 0 saturated heterocycles. The zero-order valence-electron chi connectivity index (χ0n) is 7.55. The molecule has 0 spiro atoms. The van der Waals surface area contributed by atoms with Gasteiger partial charge in [0.2, 0.25) is 0 Å². The minimum atomic E-state index is 0.106. The second-order valence-electron chi connectivity index (χ2n) is 3.10. The van der Waals surface area contributed by atoms with Crippen LogP contribution in [0.1, 0.15) is 31.7 Å². The van der Waals surface area contributed by atoms with Crippen molar-refractivity contribution in [1.29, 1.82) is 0 Å². The Balaban J connectivity index is 2.37. The van der Waals surface area contributed by atoms with Crippen LogP contribution in [0.15, 0.2) is 24.3 Å². The van der Waals surface area contributed by atoms with Gasteiger partial charge in [0.15, 0.2) is 5.75 Å². The topological polar surface area (TPSA) is 19.9 Å². The summed E-state index contributed by atoms with van der Waals surface area (Å²) in [7, 11) is 0. The Kier molecular flexibility index (Phi) is 3.65. The first-order valence-electron chi connectivity index (χ1n) is 4.59. The Morgan fingerprint density at radius 3 is 2.33 bits per heavy atom. The number of aryl methyl sites for hydroxylation is 1. The van der Waals surface area contributed by atoms with Crippen molar-refractivity contribution in [1.82, 2.24) is 0 Å². The summed E-state index contributed by atoms with van der Waals surface area (Å²) in [5.74, 6) is 0.106. The van der Waals surface area contributed by atoms with Crippen molar-refractivity contribution in [3.63, 3.8) is 0 Å². The number of hydrogen-bond acceptors (Lipinski definition) is 0. The van der Waals surface area contributed by atoms with E-state index < -0.39 is 0 Å². The van der Waals surface area contributed by atoms with Gasteiger partial charge in [-0.1, -0.05) is 31.9 Å². The highest BCUT2D eigenvalue weighted by atomic mass is 16.3. The van der Waals surface area contributed by atoms with E-state index in [1.54, 1.807) is 12.1 Å². The Hall–Kier alpha value is -0.980. The molecule has 0 atom stereocenters. The average Bonchev–Trinajstić information content (AvgIpc) is 2.09. The average molecular weight is 163 g/mol. The van der Waals surface area contributed by atoms with Gasteiger partial charge in [0.1, 0.15) is 0 Å². The van der Waals surface area contributed by atoms with Gasteiger partial charge in [0.25, 0.3) is 0 Å². The lowest BCUT2D eigenvalue weighted by molar-refractivity contribution is 0.355. The predicted molar refractivity (Wildman–Crippen MR) is 49.8 cm³/mol. The molecular formula is C11H15O. The predicted octanol–water partition coefficient (Wildman–Crippen LogP) is 3.56. The molecule has 0 heterocycles. The molecule has 1 nitrogen and oxygen atoms in total. The summed E-state index contributed by atoms with van der Waals surface area (Å²) in [4.78, 5) is 0. The van der Waals surface area contributed by atoms with E-state index in [2.05, 4.69) is 6.92 Å². The molecule has 0 amide bonds. The van der Waals surface area contributed by atoms with Crippen molar-refractivity contribution >= 4 is 0 Å². The van der Waals surface area contributed by atoms with Gasteiger partial charge in [0.05, 0.1) is 0 Å². The van der Waals surface area contributed by atoms with Crippen molar-refractivity contribution < 1.29 is 5.11 Å². The molecule has 1 aromatic carbocycles. The van der Waals surface area contributed by atoms with Crippen LogP contribution in [0, 0.1) is 0 Å². The van der Waals surface area contributed by atoms with Crippen molar-refractivity contribution in [2.45, 2.75) is 32.6 Å². The van der Waals surface area contributed by atoms with Gasteiger partial charge in [-0.2, -0.15) is 0 Å². The van der Waals surface area contributed by atoms with Crippen molar-refractivity contribution in [2.24, 2.45) is 0 Å². The molecule has 12 heavy (non-hydrogen) atoms. The van der Waals surface area contributed by atoms with Gasteiger partial charge in [-0.3, -0.25) is 5.11 Å². The van der Waals surface area contributed by atoms with Crippen LogP contribution in [-0.4, -0.2) is 0 Å². The van der Waals surface area contributed by atoms with Gasteiger partial charge in [0, 0.05) is 0 Å². The molecule has 0 aliphatic carbocycles. The van der Waals surface area contributed by atoms with Crippen LogP contribution >= 0.6 is 0 Å². The second-order valence-corrected chi connectivity index (χ2v) is 3.10. The Morgan fingerprint density at radius 1 is 1.08 bits per heavy atom. The van der Waals surface area contributed by atoms with E-state index in [9.17, 15) is 5.11 Å². The second kappa shape index (κ2) is 4.81. The summed E-state index contributed by atoms with van der Waals surface area (Å²) in [6.07, 6.45) is 4.86. The molecule has 1 aromatic rings. The molecule has 1 radical (unpaired) electrons. The van der Waals surface area contributed by atoms with Crippen LogP contribution in [0.3, 0.4) is 0 Å². The molecule has 0 saturated carbocycles. The highest BCUT2D eigenvalue weighted by Crippen LogP contribution is 2.12. The lowest BCUT2D eigenvalue weighted by Crippen LogP contribution is -1.83. The molecule has 0 unspecified atom stereocenters. The molecule has 0 N–H and O–H groups in total. The van der Waals surface area contributed by atoms with Crippen LogP contribution in [0.25, 0.3) is 0 Å². The first kappa shape index (κ1) is 9.11. The van der Waals surface area contributed by atoms with Crippen molar-refractivity contribution in [2.75, 3.05) is 0 Å². The number of hydrogen-bond donors (Lipinski definition) is 0. The lowest BCUT2D eigenvalue weighted by Gasteiger charge is -1.98. The van der Waals surface area contributed by atoms with Gasteiger partial charge < -0.3 is 0 Å². The lowest BCUT2D eigenvalue weighted by atomic mass is 10.1. The third-order valence-electron chi connectivity index (χ3n) is 1.99. The highest BCUT2D eigenvalue weighted by Gasteiger charge is 1.93. The zero-order valence-corrected chi connectivity index (χ0v) is 7.55. The standard InChI is InChI=1S/C11H15O/c1-2-3-4-5-10-6-8-11(12)9-7-10/h6-9H,2-5H2,1H3. The molecule has 1 rings (SSSR count). The van der Waals surface area contributed by atoms with E-state index in [0.717, 1.165) is 6.42 Å². The fourth-order valence-corrected chi connectivity index (χ4v) is 1.24. The van der Waals surface area contributed by atoms with E-state index in [-0.39, 0.29) is 5.75 Å². The van der Waals surface area contributed by atoms with Crippen LogP contribution < -0.4 is 0 Å². The molecule has 0 aliphatic rings. The summed E-state index contributed by atoms with van der Waals surface area (Å²) in [5.41, 5.74) is 1.28. The third kappa shape index (κ3) is 2.95. The number of benzene rings is 1. The minimum absolute atomic E-state index is 0.106. The van der Waals surface area contributed by atoms with Crippen LogP contribution in [0.4, 0.5) is 0 Å². The molecular weight excluding hydrogens is 148 g/mol. The number of rotatable bonds is 4. The first-order chi connectivity index (χ1) is 5.83. The van der Waals surface area contributed by atoms with E-state index in [0.29, 0.717) is 0 Å². The molecule has 0 fully saturated rings. The Bertz CT molecular complexity index is 213. The Labute approximate surface area is 74.1 Å². The quantitative estimate of drug-likeness (QED) is 0.605. The molecule has 65 valence electrons. The normalized spacial score (nSPS) is 10.1. The zero-order chi connectivity index (χ0) is 8.81. The Morgan fingerprint density at radius 2 is 1.75 bits per heavy atom. The molecule has 0 bridgehead atoms. The fraction of sp³-hybridized carbons (Fsp3) is 0.455. The third-order valence-corrected chi connectivity index (χ3v) is 1.99. The molecule has 0 aliphatic heterocycles. The molecule has 0 aromatic heterocycles. The van der Waals surface area contributed by atoms with Crippen LogP contribution in [-0.2, 0) is 11.5 Å². The maximum atomic E-state index is 10.8. The number of unbranched alkanes of at least 4 members (excludes halogenated alkanes) is 2. The monoisotopic (exact) mass is 163 g/mol. The largest absolute Gasteiger partial charge is 0.290 e. The van der Waals surface area contributed by atoms with Crippen molar-refractivity contribution in [3.8, 4) is 5.75 Å². The van der Waals surface area contributed by atoms with Gasteiger partial charge >= 0.3 is 0 Å². The smallest absolute Gasteiger partial charge is 0.178 e. The summed E-state index contributed by atoms with van der Waals surface area (Å²) in [6, 6.07) is 7.14. The van der Waals surface area contributed by atoms with E-state index in [1.807, 2.05) is 12.1 Å². The van der Waals surface area contributed by atoms with Crippen molar-refractivity contribution in [3.05, 3.63) is 29.8 Å². The summed E-state index contributed by atoms with van der Waals surface area (Å²) in [5, 5.41) is 10.8. The van der Waals surface area contributed by atoms with E-state index in [1.165, 1.54) is 24.8 Å². The fourth-order valence-electron chi connectivity index (χ4n) is 1.24. The van der Waals surface area contributed by atoms with E-state index in [4.69, 9.17) is 0 Å². The summed E-state index contributed by atoms with van der Waals surface area (Å²) >= 11 is 0. The maximum Gasteiger partial charge on any atom is 0.178 e. The van der Waals surface area contributed by atoms with Gasteiger partial charge in [-0.15, -0.1) is 0 Å². The maximum absolute atomic E-state index is 10.8. The van der Waals surface area contributed by atoms with Crippen LogP contribution in [0.2, 0.25) is 0 Å². The highest BCUT2D eigenvalue weighted by molar-refractivity contribution is 5.25. The minimum Gasteiger partial charge on any atom is -0.290 e. The SMILES string of the molecule is CCCCCc1ccc([O])cc1. The first-order valence-corrected chi connectivity index (χ1v) is 4.59. The van der Waals surface area contributed by atoms with Crippen LogP contribution in [0.5, 0.6) is 5.75 Å². The molecule has 1 heteroatoms.